The third kappa shape index (κ3) is 2.52. The molecule has 3 aromatic carbocycles. The number of rotatable bonds is 3. The summed E-state index contributed by atoms with van der Waals surface area (Å²) in [6.07, 6.45) is 0. The molecule has 0 fully saturated rings. The average Bonchev–Trinajstić information content (AvgIpc) is 2.71. The van der Waals surface area contributed by atoms with Crippen molar-refractivity contribution in [2.24, 2.45) is 0 Å². The monoisotopic (exact) mass is 361 g/mol. The molecule has 1 amide bonds. The quantitative estimate of drug-likeness (QED) is 0.507. The summed E-state index contributed by atoms with van der Waals surface area (Å²) >= 11 is 6.75. The molecule has 3 nitrogen and oxygen atoms in total. The zero-order valence-corrected chi connectivity index (χ0v) is 14.7. The van der Waals surface area contributed by atoms with Gasteiger partial charge < -0.3 is 4.90 Å². The third-order valence-corrected chi connectivity index (χ3v) is 5.20. The number of alkyl halides is 1. The number of nitrogens with zero attached hydrogens (tertiary/aromatic N) is 1. The predicted molar refractivity (Wildman–Crippen MR) is 102 cm³/mol. The summed E-state index contributed by atoms with van der Waals surface area (Å²) in [5.41, 5.74) is 2.52. The predicted octanol–water partition coefficient (Wildman–Crippen LogP) is 4.55. The summed E-state index contributed by atoms with van der Waals surface area (Å²) < 4.78 is 0. The number of amides is 1. The minimum absolute atomic E-state index is 0.352. The van der Waals surface area contributed by atoms with Crippen molar-refractivity contribution >= 4 is 29.0 Å². The number of hydrogen-bond acceptors (Lipinski definition) is 2. The zero-order valence-electron chi connectivity index (χ0n) is 13.9. The molecule has 0 bridgehead atoms. The maximum Gasteiger partial charge on any atom is 0.261 e. The molecule has 0 aromatic heterocycles. The minimum atomic E-state index is -1.75. The van der Waals surface area contributed by atoms with Crippen molar-refractivity contribution in [3.8, 4) is 0 Å². The van der Waals surface area contributed by atoms with Gasteiger partial charge in [0.1, 0.15) is 0 Å². The number of ketones is 1. The molecule has 1 aliphatic rings. The number of halogens is 1. The van der Waals surface area contributed by atoms with Crippen LogP contribution in [0, 0.1) is 0 Å². The van der Waals surface area contributed by atoms with Gasteiger partial charge in [-0.05, 0) is 23.3 Å². The van der Waals surface area contributed by atoms with Crippen LogP contribution in [0.1, 0.15) is 21.5 Å². The van der Waals surface area contributed by atoms with Crippen LogP contribution in [0.2, 0.25) is 0 Å². The highest BCUT2D eigenvalue weighted by Crippen LogP contribution is 2.43. The molecule has 1 atom stereocenters. The van der Waals surface area contributed by atoms with Crippen molar-refractivity contribution < 1.29 is 9.59 Å². The van der Waals surface area contributed by atoms with Gasteiger partial charge in [-0.15, -0.1) is 0 Å². The normalized spacial score (nSPS) is 19.3. The highest BCUT2D eigenvalue weighted by Gasteiger charge is 2.52. The SMILES string of the molecule is O=C1c2ccccc2N(Cc2ccccc2)C(=O)C1(Cl)c1ccccc1. The van der Waals surface area contributed by atoms with Crippen LogP contribution in [0.5, 0.6) is 0 Å². The lowest BCUT2D eigenvalue weighted by Crippen LogP contribution is -2.52. The van der Waals surface area contributed by atoms with E-state index in [1.165, 1.54) is 0 Å². The van der Waals surface area contributed by atoms with Crippen LogP contribution in [0.3, 0.4) is 0 Å². The first-order valence-corrected chi connectivity index (χ1v) is 8.74. The fourth-order valence-corrected chi connectivity index (χ4v) is 3.65. The van der Waals surface area contributed by atoms with Gasteiger partial charge in [0.2, 0.25) is 4.87 Å². The molecule has 1 aliphatic heterocycles. The van der Waals surface area contributed by atoms with E-state index in [0.717, 1.165) is 5.56 Å². The summed E-state index contributed by atoms with van der Waals surface area (Å²) in [7, 11) is 0. The van der Waals surface area contributed by atoms with Crippen molar-refractivity contribution in [3.05, 3.63) is 102 Å². The Hall–Kier alpha value is -2.91. The summed E-state index contributed by atoms with van der Waals surface area (Å²) in [6.45, 7) is 0.352. The topological polar surface area (TPSA) is 37.4 Å². The van der Waals surface area contributed by atoms with E-state index >= 15 is 0 Å². The molecule has 4 rings (SSSR count). The van der Waals surface area contributed by atoms with Gasteiger partial charge in [-0.2, -0.15) is 0 Å². The molecule has 0 radical (unpaired) electrons. The Morgan fingerprint density at radius 1 is 0.769 bits per heavy atom. The lowest BCUT2D eigenvalue weighted by Gasteiger charge is -2.38. The maximum atomic E-state index is 13.4. The number of fused-ring (bicyclic) bond motifs is 1. The second-order valence-corrected chi connectivity index (χ2v) is 6.81. The van der Waals surface area contributed by atoms with Gasteiger partial charge in [0.05, 0.1) is 12.2 Å². The van der Waals surface area contributed by atoms with E-state index in [1.54, 1.807) is 47.4 Å². The van der Waals surface area contributed by atoms with E-state index in [1.807, 2.05) is 42.5 Å². The molecular formula is C22H16ClNO2. The fraction of sp³-hybridized carbons (Fsp3) is 0.0909. The number of hydrogen-bond donors (Lipinski definition) is 0. The molecular weight excluding hydrogens is 346 g/mol. The van der Waals surface area contributed by atoms with E-state index in [-0.39, 0.29) is 5.78 Å². The van der Waals surface area contributed by atoms with Crippen LogP contribution in [0.4, 0.5) is 5.69 Å². The first-order valence-electron chi connectivity index (χ1n) is 8.36. The van der Waals surface area contributed by atoms with E-state index in [2.05, 4.69) is 0 Å². The number of anilines is 1. The number of para-hydroxylation sites is 1. The lowest BCUT2D eigenvalue weighted by molar-refractivity contribution is -0.120. The molecule has 128 valence electrons. The fourth-order valence-electron chi connectivity index (χ4n) is 3.32. The van der Waals surface area contributed by atoms with Crippen molar-refractivity contribution in [2.75, 3.05) is 4.90 Å². The highest BCUT2D eigenvalue weighted by molar-refractivity contribution is 6.51. The molecule has 0 saturated heterocycles. The van der Waals surface area contributed by atoms with Crippen molar-refractivity contribution in [1.29, 1.82) is 0 Å². The molecule has 4 heteroatoms. The Kier molecular flexibility index (Phi) is 4.09. The summed E-state index contributed by atoms with van der Waals surface area (Å²) in [5, 5.41) is 0. The summed E-state index contributed by atoms with van der Waals surface area (Å²) in [4.78, 5) is 26.4. The minimum Gasteiger partial charge on any atom is -0.305 e. The molecule has 0 N–H and O–H groups in total. The second kappa shape index (κ2) is 6.43. The van der Waals surface area contributed by atoms with Crippen molar-refractivity contribution in [1.82, 2.24) is 0 Å². The largest absolute Gasteiger partial charge is 0.305 e. The van der Waals surface area contributed by atoms with E-state index in [0.29, 0.717) is 23.4 Å². The van der Waals surface area contributed by atoms with Gasteiger partial charge in [-0.1, -0.05) is 84.4 Å². The zero-order chi connectivity index (χ0) is 18.1. The molecule has 0 aliphatic carbocycles. The van der Waals surface area contributed by atoms with Crippen LogP contribution in [-0.4, -0.2) is 11.7 Å². The Morgan fingerprint density at radius 2 is 1.35 bits per heavy atom. The van der Waals surface area contributed by atoms with Gasteiger partial charge in [0, 0.05) is 5.56 Å². The van der Waals surface area contributed by atoms with Crippen LogP contribution < -0.4 is 4.90 Å². The average molecular weight is 362 g/mol. The van der Waals surface area contributed by atoms with Gasteiger partial charge in [-0.3, -0.25) is 9.59 Å². The Morgan fingerprint density at radius 3 is 2.04 bits per heavy atom. The number of Topliss-reactive ketones (excluding diaryl/α,β-unsaturated/α-hetero) is 1. The standard InChI is InChI=1S/C22H16ClNO2/c23-22(17-11-5-2-6-12-17)20(25)18-13-7-8-14-19(18)24(21(22)26)15-16-9-3-1-4-10-16/h1-14H,15H2. The Labute approximate surface area is 156 Å². The van der Waals surface area contributed by atoms with Crippen LogP contribution in [0.15, 0.2) is 84.9 Å². The lowest BCUT2D eigenvalue weighted by atomic mass is 9.84. The molecule has 1 heterocycles. The Bertz CT molecular complexity index is 972. The van der Waals surface area contributed by atoms with Crippen LogP contribution in [0.25, 0.3) is 0 Å². The number of carbonyl (C=O) groups is 2. The van der Waals surface area contributed by atoms with Crippen molar-refractivity contribution in [3.63, 3.8) is 0 Å². The van der Waals surface area contributed by atoms with Gasteiger partial charge >= 0.3 is 0 Å². The van der Waals surface area contributed by atoms with Gasteiger partial charge in [0.25, 0.3) is 5.91 Å². The summed E-state index contributed by atoms with van der Waals surface area (Å²) in [5.74, 6) is -0.798. The number of benzene rings is 3. The first kappa shape index (κ1) is 16.6. The van der Waals surface area contributed by atoms with Gasteiger partial charge in [0.15, 0.2) is 5.78 Å². The molecule has 0 saturated carbocycles. The van der Waals surface area contributed by atoms with E-state index in [4.69, 9.17) is 11.6 Å². The number of carbonyl (C=O) groups excluding carboxylic acids is 2. The van der Waals surface area contributed by atoms with Gasteiger partial charge in [-0.25, -0.2) is 0 Å². The third-order valence-electron chi connectivity index (χ3n) is 4.65. The molecule has 26 heavy (non-hydrogen) atoms. The molecule has 0 spiro atoms. The van der Waals surface area contributed by atoms with Crippen LogP contribution in [-0.2, 0) is 16.2 Å². The second-order valence-electron chi connectivity index (χ2n) is 6.25. The summed E-state index contributed by atoms with van der Waals surface area (Å²) in [6, 6.07) is 25.6. The maximum absolute atomic E-state index is 13.4. The van der Waals surface area contributed by atoms with E-state index in [9.17, 15) is 9.59 Å². The highest BCUT2D eigenvalue weighted by atomic mass is 35.5. The smallest absolute Gasteiger partial charge is 0.261 e. The van der Waals surface area contributed by atoms with Crippen molar-refractivity contribution in [2.45, 2.75) is 11.4 Å². The Balaban J connectivity index is 1.87. The molecule has 1 unspecified atom stereocenters. The first-order chi connectivity index (χ1) is 12.6. The van der Waals surface area contributed by atoms with Crippen LogP contribution >= 0.6 is 11.6 Å². The molecule has 3 aromatic rings. The van der Waals surface area contributed by atoms with E-state index < -0.39 is 10.8 Å².